The van der Waals surface area contributed by atoms with Gasteiger partial charge < -0.3 is 118 Å². The number of nitrogens with one attached hydrogen (secondary N) is 2. The standard InChI is InChI=1S/C81H144N3O30P/c1-56-46-60(52-111-115(102,103)104)84(48-56)71(95)34-18-10-8-6-5-7-9-13-32-65(92)47-81(53-105-43-35-63(90)28-16-11-14-26-61(88)30-19-22-40-108-78-57(2)72(96)75(99)66(49-85)112-78,54-106-44-36-64(91)29-17-12-15-27-62(89)31-20-23-41-109-79-58(3)73(97)76(100)67(50-86)113-79)55-107-45-37-70(94)83-39-25-38-82-69(93)33-21-24-42-110-80-59(4)74(98)77(101)68(51-87)114-80/h56-60,66-68,72-80,85-87,96-101H,5-55H2,1-4H3,(H,82,93)(H,83,94)(H2,102,103,104)/p-1/t56-,57?,58?,59?,60+,66?,67?,68?,72?,73?,74?,75?,76?,77?,78?,79?,80?,81?/m1/s1. The third-order valence-corrected chi connectivity index (χ3v) is 22.5. The Bertz CT molecular complexity index is 2570. The van der Waals surface area contributed by atoms with Crippen molar-refractivity contribution in [2.45, 2.75) is 332 Å². The molecule has 34 heteroatoms. The molecule has 4 rings (SSSR count). The predicted octanol–water partition coefficient (Wildman–Crippen LogP) is 4.35. The molecule has 0 aromatic carbocycles. The average Bonchev–Trinajstić information content (AvgIpc) is 1.85. The highest BCUT2D eigenvalue weighted by molar-refractivity contribution is 7.44. The lowest BCUT2D eigenvalue weighted by molar-refractivity contribution is -0.282. The normalized spacial score (nSPS) is 26.8. The Morgan fingerprint density at radius 1 is 0.417 bits per heavy atom. The Morgan fingerprint density at radius 2 is 0.739 bits per heavy atom. The molecule has 12 N–H and O–H groups in total. The van der Waals surface area contributed by atoms with Gasteiger partial charge in [0.1, 0.15) is 65.5 Å². The van der Waals surface area contributed by atoms with Gasteiger partial charge >= 0.3 is 0 Å². The molecule has 3 amide bonds. The number of hydrogen-bond acceptors (Lipinski definition) is 29. The molecular weight excluding hydrogens is 1530 g/mol. The van der Waals surface area contributed by atoms with Crippen molar-refractivity contribution in [2.75, 3.05) is 106 Å². The van der Waals surface area contributed by atoms with Crippen LogP contribution in [0.3, 0.4) is 0 Å². The molecule has 0 aliphatic carbocycles. The summed E-state index contributed by atoms with van der Waals surface area (Å²) in [5, 5.41) is 95.4. The van der Waals surface area contributed by atoms with Gasteiger partial charge in [0.05, 0.1) is 90.4 Å². The minimum Gasteiger partial charge on any atom is -0.756 e. The van der Waals surface area contributed by atoms with Crippen LogP contribution in [0, 0.1) is 29.1 Å². The summed E-state index contributed by atoms with van der Waals surface area (Å²) in [6.45, 7) is 6.99. The summed E-state index contributed by atoms with van der Waals surface area (Å²) in [5.41, 5.74) is -1.10. The summed E-state index contributed by atoms with van der Waals surface area (Å²) < 4.78 is 68.6. The van der Waals surface area contributed by atoms with E-state index >= 15 is 0 Å². The minimum absolute atomic E-state index is 0.0261. The smallest absolute Gasteiger partial charge is 0.265 e. The number of ether oxygens (including phenoxy) is 9. The fourth-order valence-electron chi connectivity index (χ4n) is 14.7. The summed E-state index contributed by atoms with van der Waals surface area (Å²) in [5.74, 6) is -1.93. The molecular formula is C81H143N3O30P-. The van der Waals surface area contributed by atoms with Gasteiger partial charge in [0.15, 0.2) is 18.9 Å². The van der Waals surface area contributed by atoms with E-state index in [1.54, 1.807) is 25.7 Å². The second-order valence-electron chi connectivity index (χ2n) is 32.3. The fourth-order valence-corrected chi connectivity index (χ4v) is 15.1. The summed E-state index contributed by atoms with van der Waals surface area (Å²) in [6.07, 6.45) is 5.03. The molecule has 0 bridgehead atoms. The summed E-state index contributed by atoms with van der Waals surface area (Å²) in [6, 6.07) is -0.418. The topological polar surface area (TPSA) is 499 Å². The molecule has 4 fully saturated rings. The number of phosphoric ester groups is 1. The molecule has 0 aromatic rings. The van der Waals surface area contributed by atoms with Crippen LogP contribution in [-0.4, -0.2) is 288 Å². The van der Waals surface area contributed by atoms with E-state index in [1.165, 1.54) is 0 Å². The first-order valence-corrected chi connectivity index (χ1v) is 44.1. The number of rotatable bonds is 68. The van der Waals surface area contributed by atoms with E-state index in [9.17, 15) is 93.8 Å². The number of aliphatic hydroxyl groups excluding tert-OH is 9. The quantitative estimate of drug-likeness (QED) is 0.0297. The first-order valence-electron chi connectivity index (χ1n) is 42.6. The number of Topliss-reactive ketones (excluding diaryl/α,β-unsaturated/α-hetero) is 5. The lowest BCUT2D eigenvalue weighted by Crippen LogP contribution is -2.55. The number of hydrogen-bond donors (Lipinski definition) is 12. The Hall–Kier alpha value is -3.85. The van der Waals surface area contributed by atoms with Crippen LogP contribution in [0.25, 0.3) is 0 Å². The highest BCUT2D eigenvalue weighted by Gasteiger charge is 2.45. The van der Waals surface area contributed by atoms with Crippen LogP contribution in [0.4, 0.5) is 0 Å². The lowest BCUT2D eigenvalue weighted by atomic mass is 9.83. The van der Waals surface area contributed by atoms with Gasteiger partial charge in [-0.25, -0.2) is 0 Å². The van der Waals surface area contributed by atoms with Crippen molar-refractivity contribution in [1.29, 1.82) is 0 Å². The van der Waals surface area contributed by atoms with Gasteiger partial charge in [-0.2, -0.15) is 0 Å². The van der Waals surface area contributed by atoms with Crippen molar-refractivity contribution in [2.24, 2.45) is 29.1 Å². The number of aliphatic hydroxyl groups is 9. The minimum atomic E-state index is -4.91. The van der Waals surface area contributed by atoms with Gasteiger partial charge in [-0.1, -0.05) is 79.1 Å². The molecule has 4 saturated heterocycles. The van der Waals surface area contributed by atoms with E-state index in [4.69, 9.17) is 47.5 Å². The van der Waals surface area contributed by atoms with Crippen LogP contribution in [0.5, 0.6) is 0 Å². The van der Waals surface area contributed by atoms with Crippen LogP contribution >= 0.6 is 7.82 Å². The number of likely N-dealkylation sites (tertiary alicyclic amines) is 1. The van der Waals surface area contributed by atoms with Crippen molar-refractivity contribution < 1.29 is 146 Å². The maximum Gasteiger partial charge on any atom is 0.265 e. The van der Waals surface area contributed by atoms with Crippen molar-refractivity contribution >= 4 is 54.5 Å². The van der Waals surface area contributed by atoms with Gasteiger partial charge in [0.2, 0.25) is 17.7 Å². The van der Waals surface area contributed by atoms with Crippen LogP contribution in [0.15, 0.2) is 0 Å². The van der Waals surface area contributed by atoms with Crippen LogP contribution in [0.2, 0.25) is 0 Å². The highest BCUT2D eigenvalue weighted by Crippen LogP contribution is 2.35. The molecule has 4 aliphatic rings. The number of phosphoric acid groups is 1. The third kappa shape index (κ3) is 42.5. The van der Waals surface area contributed by atoms with E-state index in [-0.39, 0.29) is 177 Å². The monoisotopic (exact) mass is 1670 g/mol. The van der Waals surface area contributed by atoms with Gasteiger partial charge in [-0.3, -0.25) is 42.9 Å². The van der Waals surface area contributed by atoms with Gasteiger partial charge in [0.25, 0.3) is 7.82 Å². The molecule has 18 atom stereocenters. The first-order chi connectivity index (χ1) is 55.0. The maximum absolute atomic E-state index is 14.2. The molecule has 4 heterocycles. The molecule has 0 saturated carbocycles. The van der Waals surface area contributed by atoms with Crippen LogP contribution in [-0.2, 0) is 90.1 Å². The average molecular weight is 1670 g/mol. The fraction of sp³-hybridized carbons (Fsp3) is 0.901. The molecule has 33 nitrogen and oxygen atoms in total. The lowest BCUT2D eigenvalue weighted by Gasteiger charge is -2.40. The Balaban J connectivity index is 1.28. The number of carbonyl (C=O) groups is 8. The Kier molecular flexibility index (Phi) is 53.1. The van der Waals surface area contributed by atoms with E-state index < -0.39 is 131 Å². The van der Waals surface area contributed by atoms with E-state index in [1.807, 2.05) is 6.92 Å². The molecule has 115 heavy (non-hydrogen) atoms. The zero-order chi connectivity index (χ0) is 84.6. The molecule has 668 valence electrons. The van der Waals surface area contributed by atoms with Crippen molar-refractivity contribution in [3.8, 4) is 0 Å². The molecule has 0 aromatic heterocycles. The van der Waals surface area contributed by atoms with Crippen molar-refractivity contribution in [3.05, 3.63) is 0 Å². The Labute approximate surface area is 679 Å². The van der Waals surface area contributed by atoms with Crippen molar-refractivity contribution in [3.63, 3.8) is 0 Å². The SMILES string of the molecule is CC1C(OCCCCC(=O)CCCCCC(=O)CCOCC(COCCC(=O)CCCCCC(=O)CCCCOC2OC(CO)C(O)C(O)C2C)(COCCC(=O)NCCCNC(=O)CCCCOC2OC(CO)C(O)C(O)C2C)CC(=O)CCCCCCCCCCC(=O)N2C[C@H](C)C[C@H]2COP(=O)([O-])O)OC(CO)C(O)C1O. The molecule has 16 unspecified atom stereocenters. The van der Waals surface area contributed by atoms with E-state index in [0.29, 0.717) is 148 Å². The second-order valence-corrected chi connectivity index (χ2v) is 33.5. The number of ketones is 5. The predicted molar refractivity (Wildman–Crippen MR) is 417 cm³/mol. The van der Waals surface area contributed by atoms with Gasteiger partial charge in [0, 0.05) is 146 Å². The number of unbranched alkanes of at least 4 members (excludes halogenated alkanes) is 14. The van der Waals surface area contributed by atoms with E-state index in [2.05, 4.69) is 15.2 Å². The summed E-state index contributed by atoms with van der Waals surface area (Å²) in [4.78, 5) is 127. The molecule has 0 radical (unpaired) electrons. The number of nitrogens with zero attached hydrogens (tertiary/aromatic N) is 1. The zero-order valence-corrected chi connectivity index (χ0v) is 69.8. The number of amides is 3. The summed E-state index contributed by atoms with van der Waals surface area (Å²) >= 11 is 0. The van der Waals surface area contributed by atoms with Crippen LogP contribution < -0.4 is 15.5 Å². The van der Waals surface area contributed by atoms with Crippen molar-refractivity contribution in [1.82, 2.24) is 15.5 Å². The molecule has 0 spiro atoms. The Morgan fingerprint density at radius 3 is 1.12 bits per heavy atom. The number of carbonyl (C=O) groups excluding carboxylic acids is 8. The first kappa shape index (κ1) is 103. The second kappa shape index (κ2) is 59.0. The van der Waals surface area contributed by atoms with Gasteiger partial charge in [-0.05, 0) is 95.8 Å². The zero-order valence-electron chi connectivity index (χ0n) is 68.9. The largest absolute Gasteiger partial charge is 0.756 e. The van der Waals surface area contributed by atoms with E-state index in [0.717, 1.165) is 38.5 Å². The summed E-state index contributed by atoms with van der Waals surface area (Å²) in [7, 11) is -4.91. The molecule has 4 aliphatic heterocycles. The highest BCUT2D eigenvalue weighted by atomic mass is 31.2. The maximum atomic E-state index is 14.2. The third-order valence-electron chi connectivity index (χ3n) is 22.0. The van der Waals surface area contributed by atoms with Crippen LogP contribution in [0.1, 0.15) is 252 Å². The van der Waals surface area contributed by atoms with Gasteiger partial charge in [-0.15, -0.1) is 0 Å².